The van der Waals surface area contributed by atoms with Crippen LogP contribution in [0.25, 0.3) is 0 Å². The number of alkyl halides is 3. The first-order valence-corrected chi connectivity index (χ1v) is 6.36. The van der Waals surface area contributed by atoms with Crippen LogP contribution in [0.2, 0.25) is 0 Å². The van der Waals surface area contributed by atoms with Crippen LogP contribution in [-0.2, 0) is 11.0 Å². The lowest BCUT2D eigenvalue weighted by Gasteiger charge is -2.17. The number of carbonyl (C=O) groups is 2. The molecule has 2 N–H and O–H groups in total. The molecule has 1 saturated carbocycles. The Morgan fingerprint density at radius 3 is 2.52 bits per heavy atom. The lowest BCUT2D eigenvalue weighted by molar-refractivity contribution is -0.142. The van der Waals surface area contributed by atoms with Crippen LogP contribution in [0.4, 0.5) is 13.2 Å². The molecule has 1 aromatic rings. The van der Waals surface area contributed by atoms with Gasteiger partial charge in [-0.05, 0) is 25.0 Å². The molecule has 0 aliphatic heterocycles. The molecule has 0 spiro atoms. The van der Waals surface area contributed by atoms with Crippen LogP contribution in [0.5, 0.6) is 0 Å². The Bertz CT molecular complexity index is 543. The number of halogens is 3. The third kappa shape index (κ3) is 3.50. The summed E-state index contributed by atoms with van der Waals surface area (Å²) >= 11 is 0. The summed E-state index contributed by atoms with van der Waals surface area (Å²) in [4.78, 5) is 26.4. The van der Waals surface area contributed by atoms with E-state index in [4.69, 9.17) is 5.11 Å². The number of nitrogens with zero attached hydrogens (tertiary/aromatic N) is 1. The molecule has 1 fully saturated rings. The number of hydrogen-bond donors (Lipinski definition) is 2. The van der Waals surface area contributed by atoms with Crippen molar-refractivity contribution in [3.63, 3.8) is 0 Å². The van der Waals surface area contributed by atoms with E-state index in [0.717, 1.165) is 12.1 Å². The molecular weight excluding hydrogens is 289 g/mol. The number of aromatic nitrogens is 1. The first kappa shape index (κ1) is 15.3. The van der Waals surface area contributed by atoms with Crippen molar-refractivity contribution in [3.05, 3.63) is 29.6 Å². The Balaban J connectivity index is 2.05. The second-order valence-electron chi connectivity index (χ2n) is 4.89. The summed E-state index contributed by atoms with van der Waals surface area (Å²) in [5.74, 6) is -2.32. The van der Waals surface area contributed by atoms with Crippen molar-refractivity contribution in [1.82, 2.24) is 10.3 Å². The zero-order valence-electron chi connectivity index (χ0n) is 10.9. The molecule has 0 bridgehead atoms. The molecule has 1 aliphatic rings. The van der Waals surface area contributed by atoms with Gasteiger partial charge in [0.05, 0.1) is 11.5 Å². The van der Waals surface area contributed by atoms with Crippen molar-refractivity contribution < 1.29 is 27.9 Å². The van der Waals surface area contributed by atoms with E-state index in [1.54, 1.807) is 0 Å². The number of rotatable bonds is 3. The highest BCUT2D eigenvalue weighted by atomic mass is 19.4. The number of carboxylic acids is 1. The van der Waals surface area contributed by atoms with Gasteiger partial charge < -0.3 is 10.4 Å². The van der Waals surface area contributed by atoms with E-state index in [-0.39, 0.29) is 5.69 Å². The molecule has 0 unspecified atom stereocenters. The summed E-state index contributed by atoms with van der Waals surface area (Å²) in [6, 6.07) is 1.23. The van der Waals surface area contributed by atoms with Gasteiger partial charge in [0, 0.05) is 12.2 Å². The fourth-order valence-corrected chi connectivity index (χ4v) is 2.37. The quantitative estimate of drug-likeness (QED) is 0.896. The molecule has 2 rings (SSSR count). The van der Waals surface area contributed by atoms with E-state index in [2.05, 4.69) is 10.3 Å². The summed E-state index contributed by atoms with van der Waals surface area (Å²) in [6.45, 7) is 0. The molecule has 1 aromatic heterocycles. The third-order valence-electron chi connectivity index (χ3n) is 3.47. The minimum atomic E-state index is -4.51. The number of pyridine rings is 1. The second-order valence-corrected chi connectivity index (χ2v) is 4.89. The van der Waals surface area contributed by atoms with Gasteiger partial charge in [0.25, 0.3) is 5.91 Å². The van der Waals surface area contributed by atoms with Gasteiger partial charge in [-0.15, -0.1) is 0 Å². The van der Waals surface area contributed by atoms with Gasteiger partial charge in [0.1, 0.15) is 5.69 Å². The van der Waals surface area contributed by atoms with E-state index < -0.39 is 35.6 Å². The van der Waals surface area contributed by atoms with Gasteiger partial charge in [0.2, 0.25) is 0 Å². The van der Waals surface area contributed by atoms with E-state index in [1.807, 2.05) is 0 Å². The molecule has 114 valence electrons. The van der Waals surface area contributed by atoms with Crippen LogP contribution in [-0.4, -0.2) is 28.0 Å². The summed E-state index contributed by atoms with van der Waals surface area (Å²) < 4.78 is 37.1. The van der Waals surface area contributed by atoms with Gasteiger partial charge >= 0.3 is 12.1 Å². The third-order valence-corrected chi connectivity index (χ3v) is 3.47. The van der Waals surface area contributed by atoms with Gasteiger partial charge in [-0.3, -0.25) is 14.6 Å². The fourth-order valence-electron chi connectivity index (χ4n) is 2.37. The average molecular weight is 302 g/mol. The molecular formula is C13H13F3N2O3. The molecule has 8 heteroatoms. The minimum Gasteiger partial charge on any atom is -0.481 e. The highest BCUT2D eigenvalue weighted by Gasteiger charge is 2.34. The van der Waals surface area contributed by atoms with E-state index in [1.165, 1.54) is 0 Å². The topological polar surface area (TPSA) is 79.3 Å². The Morgan fingerprint density at radius 2 is 2.00 bits per heavy atom. The molecule has 1 heterocycles. The van der Waals surface area contributed by atoms with Crippen LogP contribution in [0.3, 0.4) is 0 Å². The summed E-state index contributed by atoms with van der Waals surface area (Å²) in [6.07, 6.45) is -2.24. The van der Waals surface area contributed by atoms with Crippen molar-refractivity contribution >= 4 is 11.9 Å². The summed E-state index contributed by atoms with van der Waals surface area (Å²) in [5.41, 5.74) is -1.11. The second kappa shape index (κ2) is 5.71. The zero-order chi connectivity index (χ0) is 15.6. The zero-order valence-corrected chi connectivity index (χ0v) is 10.9. The van der Waals surface area contributed by atoms with Crippen molar-refractivity contribution in [2.75, 3.05) is 0 Å². The van der Waals surface area contributed by atoms with E-state index >= 15 is 0 Å². The Morgan fingerprint density at radius 1 is 1.29 bits per heavy atom. The number of amides is 1. The highest BCUT2D eigenvalue weighted by Crippen LogP contribution is 2.29. The molecule has 1 aliphatic carbocycles. The van der Waals surface area contributed by atoms with Crippen LogP contribution in [0.1, 0.15) is 35.3 Å². The number of hydrogen-bond acceptors (Lipinski definition) is 3. The monoisotopic (exact) mass is 302 g/mol. The lowest BCUT2D eigenvalue weighted by atomic mass is 10.0. The highest BCUT2D eigenvalue weighted by molar-refractivity contribution is 5.92. The molecule has 0 aromatic carbocycles. The summed E-state index contributed by atoms with van der Waals surface area (Å²) in [5, 5.41) is 11.5. The van der Waals surface area contributed by atoms with Crippen molar-refractivity contribution in [3.8, 4) is 0 Å². The largest absolute Gasteiger partial charge is 0.481 e. The first-order chi connectivity index (χ1) is 9.79. The normalized spacial score (nSPS) is 22.0. The molecule has 1 amide bonds. The van der Waals surface area contributed by atoms with Crippen molar-refractivity contribution in [2.24, 2.45) is 5.92 Å². The molecule has 2 atom stereocenters. The van der Waals surface area contributed by atoms with E-state index in [9.17, 15) is 22.8 Å². The molecule has 0 saturated heterocycles. The Labute approximate surface area is 118 Å². The van der Waals surface area contributed by atoms with Crippen LogP contribution >= 0.6 is 0 Å². The Hall–Kier alpha value is -2.12. The van der Waals surface area contributed by atoms with E-state index in [0.29, 0.717) is 25.5 Å². The molecule has 0 radical (unpaired) electrons. The first-order valence-electron chi connectivity index (χ1n) is 6.36. The van der Waals surface area contributed by atoms with Gasteiger partial charge in [0.15, 0.2) is 0 Å². The number of nitrogens with one attached hydrogen (secondary N) is 1. The molecule has 5 nitrogen and oxygen atoms in total. The van der Waals surface area contributed by atoms with Crippen molar-refractivity contribution in [2.45, 2.75) is 31.5 Å². The fraction of sp³-hybridized carbons (Fsp3) is 0.462. The number of carbonyl (C=O) groups excluding carboxylic acids is 1. The smallest absolute Gasteiger partial charge is 0.417 e. The average Bonchev–Trinajstić information content (AvgIpc) is 2.86. The predicted molar refractivity (Wildman–Crippen MR) is 65.5 cm³/mol. The Kier molecular flexibility index (Phi) is 4.15. The SMILES string of the molecule is O=C(N[C@H]1CCC[C@H]1C(=O)O)c1ccc(C(F)(F)F)cn1. The van der Waals surface area contributed by atoms with Crippen LogP contribution in [0, 0.1) is 5.92 Å². The van der Waals surface area contributed by atoms with Crippen LogP contribution < -0.4 is 5.32 Å². The summed E-state index contributed by atoms with van der Waals surface area (Å²) in [7, 11) is 0. The van der Waals surface area contributed by atoms with Gasteiger partial charge in [-0.2, -0.15) is 13.2 Å². The molecule has 21 heavy (non-hydrogen) atoms. The number of carboxylic acid groups (broad SMARTS) is 1. The number of aliphatic carboxylic acids is 1. The standard InChI is InChI=1S/C13H13F3N2O3/c14-13(15,16)7-4-5-10(17-6-7)11(19)18-9-3-1-2-8(9)12(20)21/h4-6,8-9H,1-3H2,(H,18,19)(H,20,21)/t8-,9+/m1/s1. The maximum Gasteiger partial charge on any atom is 0.417 e. The lowest BCUT2D eigenvalue weighted by Crippen LogP contribution is -2.40. The minimum absolute atomic E-state index is 0.168. The van der Waals surface area contributed by atoms with Crippen molar-refractivity contribution in [1.29, 1.82) is 0 Å². The maximum atomic E-state index is 12.4. The van der Waals surface area contributed by atoms with Gasteiger partial charge in [-0.25, -0.2) is 0 Å². The maximum absolute atomic E-state index is 12.4. The van der Waals surface area contributed by atoms with Gasteiger partial charge in [-0.1, -0.05) is 6.42 Å². The predicted octanol–water partition coefficient (Wildman–Crippen LogP) is 2.08. The van der Waals surface area contributed by atoms with Crippen LogP contribution in [0.15, 0.2) is 18.3 Å².